The van der Waals surface area contributed by atoms with Crippen LogP contribution < -0.4 is 11.2 Å². The van der Waals surface area contributed by atoms with E-state index in [-0.39, 0.29) is 0 Å². The van der Waals surface area contributed by atoms with E-state index in [2.05, 4.69) is 0 Å². The molecule has 0 bridgehead atoms. The summed E-state index contributed by atoms with van der Waals surface area (Å²) in [7, 11) is 0. The molecule has 17 heavy (non-hydrogen) atoms. The van der Waals surface area contributed by atoms with Gasteiger partial charge in [0.15, 0.2) is 12.4 Å². The highest BCUT2D eigenvalue weighted by Gasteiger charge is 2.45. The van der Waals surface area contributed by atoms with Gasteiger partial charge in [-0.3, -0.25) is 14.3 Å². The van der Waals surface area contributed by atoms with Gasteiger partial charge in [-0.05, 0) is 0 Å². The highest BCUT2D eigenvalue weighted by atomic mass is 19.1. The number of halogens is 1. The van der Waals surface area contributed by atoms with Crippen molar-refractivity contribution in [3.63, 3.8) is 0 Å². The highest BCUT2D eigenvalue weighted by Crippen LogP contribution is 2.29. The van der Waals surface area contributed by atoms with Crippen molar-refractivity contribution < 1.29 is 19.3 Å². The van der Waals surface area contributed by atoms with E-state index in [9.17, 15) is 19.1 Å². The molecule has 0 amide bonds. The Kier molecular flexibility index (Phi) is 3.09. The van der Waals surface area contributed by atoms with Gasteiger partial charge >= 0.3 is 5.69 Å². The predicted octanol–water partition coefficient (Wildman–Crippen LogP) is -1.87. The minimum absolute atomic E-state index is 0.603. The van der Waals surface area contributed by atoms with Gasteiger partial charge in [0.25, 0.3) is 5.56 Å². The first-order valence-electron chi connectivity index (χ1n) is 4.94. The van der Waals surface area contributed by atoms with Crippen molar-refractivity contribution in [2.75, 3.05) is 6.61 Å². The number of aliphatic hydroxyl groups is 2. The number of nitrogens with zero attached hydrogens (tertiary/aromatic N) is 1. The van der Waals surface area contributed by atoms with Crippen molar-refractivity contribution in [3.05, 3.63) is 33.1 Å². The number of aromatic amines is 1. The Labute approximate surface area is 94.1 Å². The molecule has 0 radical (unpaired) electrons. The number of hydrogen-bond donors (Lipinski definition) is 3. The molecule has 0 aliphatic carbocycles. The maximum Gasteiger partial charge on any atom is 0.330 e. The fourth-order valence-electron chi connectivity index (χ4n) is 1.71. The van der Waals surface area contributed by atoms with Crippen molar-refractivity contribution in [2.45, 2.75) is 24.6 Å². The topological polar surface area (TPSA) is 105 Å². The van der Waals surface area contributed by atoms with E-state index in [0.717, 1.165) is 16.8 Å². The number of aromatic nitrogens is 2. The molecular formula is C9H11FN2O5. The second kappa shape index (κ2) is 4.40. The molecule has 7 nitrogen and oxygen atoms in total. The fraction of sp³-hybridized carbons (Fsp3) is 0.556. The monoisotopic (exact) mass is 246 g/mol. The normalized spacial score (nSPS) is 32.9. The summed E-state index contributed by atoms with van der Waals surface area (Å²) in [6.45, 7) is -0.604. The Morgan fingerprint density at radius 1 is 1.53 bits per heavy atom. The van der Waals surface area contributed by atoms with Gasteiger partial charge in [0, 0.05) is 12.3 Å². The quantitative estimate of drug-likeness (QED) is 0.567. The maximum atomic E-state index is 13.4. The Morgan fingerprint density at radius 3 is 2.76 bits per heavy atom. The van der Waals surface area contributed by atoms with E-state index >= 15 is 0 Å². The second-order valence-corrected chi connectivity index (χ2v) is 3.70. The average Bonchev–Trinajstić information content (AvgIpc) is 2.57. The molecule has 3 N–H and O–H groups in total. The molecule has 1 fully saturated rings. The molecule has 1 aliphatic heterocycles. The molecule has 0 unspecified atom stereocenters. The van der Waals surface area contributed by atoms with Crippen molar-refractivity contribution in [1.29, 1.82) is 0 Å². The minimum atomic E-state index is -1.79. The largest absolute Gasteiger partial charge is 0.394 e. The van der Waals surface area contributed by atoms with Crippen LogP contribution in [0.3, 0.4) is 0 Å². The molecule has 94 valence electrons. The van der Waals surface area contributed by atoms with Crippen LogP contribution >= 0.6 is 0 Å². The summed E-state index contributed by atoms with van der Waals surface area (Å²) in [5, 5.41) is 18.4. The van der Waals surface area contributed by atoms with Crippen LogP contribution in [0.25, 0.3) is 0 Å². The van der Waals surface area contributed by atoms with Gasteiger partial charge in [-0.2, -0.15) is 0 Å². The van der Waals surface area contributed by atoms with E-state index in [1.54, 1.807) is 0 Å². The van der Waals surface area contributed by atoms with E-state index in [1.807, 2.05) is 4.98 Å². The van der Waals surface area contributed by atoms with Crippen molar-refractivity contribution in [1.82, 2.24) is 9.55 Å². The number of nitrogens with one attached hydrogen (secondary N) is 1. The Hall–Kier alpha value is -1.51. The van der Waals surface area contributed by atoms with Gasteiger partial charge in [-0.1, -0.05) is 0 Å². The Morgan fingerprint density at radius 2 is 2.24 bits per heavy atom. The molecule has 4 atom stereocenters. The molecule has 2 heterocycles. The molecule has 0 aromatic carbocycles. The number of ether oxygens (including phenoxy) is 1. The summed E-state index contributed by atoms with van der Waals surface area (Å²) in [6, 6.07) is 1.05. The van der Waals surface area contributed by atoms with E-state index in [1.165, 1.54) is 0 Å². The Bertz CT molecular complexity index is 513. The number of alkyl halides is 1. The maximum absolute atomic E-state index is 13.4. The lowest BCUT2D eigenvalue weighted by Crippen LogP contribution is -2.36. The predicted molar refractivity (Wildman–Crippen MR) is 53.2 cm³/mol. The third-order valence-electron chi connectivity index (χ3n) is 2.59. The number of hydrogen-bond acceptors (Lipinski definition) is 5. The zero-order chi connectivity index (χ0) is 12.6. The van der Waals surface area contributed by atoms with Crippen LogP contribution in [0, 0.1) is 0 Å². The fourth-order valence-corrected chi connectivity index (χ4v) is 1.71. The lowest BCUT2D eigenvalue weighted by molar-refractivity contribution is -0.0537. The summed E-state index contributed by atoms with van der Waals surface area (Å²) in [6.07, 6.45) is -4.71. The van der Waals surface area contributed by atoms with Gasteiger partial charge in [0.1, 0.15) is 12.2 Å². The standard InChI is InChI=1S/C9H11FN2O5/c10-6-4(3-13)17-8(7(6)15)12-2-1-5(14)11-9(12)16/h1-2,4,6-8,13,15H,3H2,(H,11,14,16)/t4-,6+,7+,8-/m1/s1. The van der Waals surface area contributed by atoms with Crippen LogP contribution in [-0.2, 0) is 4.74 Å². The van der Waals surface area contributed by atoms with E-state index in [4.69, 9.17) is 9.84 Å². The summed E-state index contributed by atoms with van der Waals surface area (Å²) in [5.74, 6) is 0. The molecule has 0 saturated carbocycles. The molecule has 2 rings (SSSR count). The minimum Gasteiger partial charge on any atom is -0.394 e. The molecule has 1 aromatic heterocycles. The lowest BCUT2D eigenvalue weighted by Gasteiger charge is -2.16. The van der Waals surface area contributed by atoms with Gasteiger partial charge < -0.3 is 14.9 Å². The van der Waals surface area contributed by atoms with Crippen LogP contribution in [-0.4, -0.2) is 44.8 Å². The SMILES string of the molecule is O=c1ccn([C@@H]2O[C@H](CO)[C@H](F)[C@@H]2O)c(=O)[nH]1. The van der Waals surface area contributed by atoms with Crippen molar-refractivity contribution in [2.24, 2.45) is 0 Å². The van der Waals surface area contributed by atoms with Crippen LogP contribution in [0.4, 0.5) is 4.39 Å². The van der Waals surface area contributed by atoms with Crippen LogP contribution in [0.1, 0.15) is 6.23 Å². The summed E-state index contributed by atoms with van der Waals surface area (Å²) in [4.78, 5) is 24.2. The van der Waals surface area contributed by atoms with Gasteiger partial charge in [-0.15, -0.1) is 0 Å². The third kappa shape index (κ3) is 2.02. The van der Waals surface area contributed by atoms with E-state index in [0.29, 0.717) is 0 Å². The first-order chi connectivity index (χ1) is 8.04. The number of aliphatic hydroxyl groups excluding tert-OH is 2. The molecule has 1 aliphatic rings. The van der Waals surface area contributed by atoms with Gasteiger partial charge in [0.05, 0.1) is 6.61 Å². The summed E-state index contributed by atoms with van der Waals surface area (Å²) in [5.41, 5.74) is -1.42. The zero-order valence-corrected chi connectivity index (χ0v) is 8.62. The summed E-state index contributed by atoms with van der Waals surface area (Å²) >= 11 is 0. The van der Waals surface area contributed by atoms with E-state index < -0.39 is 42.5 Å². The Balaban J connectivity index is 2.35. The number of rotatable bonds is 2. The molecule has 0 spiro atoms. The molecular weight excluding hydrogens is 235 g/mol. The molecule has 8 heteroatoms. The second-order valence-electron chi connectivity index (χ2n) is 3.70. The van der Waals surface area contributed by atoms with Crippen LogP contribution in [0.2, 0.25) is 0 Å². The van der Waals surface area contributed by atoms with Crippen LogP contribution in [0.5, 0.6) is 0 Å². The number of H-pyrrole nitrogens is 1. The zero-order valence-electron chi connectivity index (χ0n) is 8.62. The van der Waals surface area contributed by atoms with Crippen LogP contribution in [0.15, 0.2) is 21.9 Å². The van der Waals surface area contributed by atoms with Gasteiger partial charge in [0.2, 0.25) is 0 Å². The highest BCUT2D eigenvalue weighted by molar-refractivity contribution is 4.93. The first kappa shape index (κ1) is 12.0. The van der Waals surface area contributed by atoms with Crippen molar-refractivity contribution >= 4 is 0 Å². The third-order valence-corrected chi connectivity index (χ3v) is 2.59. The van der Waals surface area contributed by atoms with Gasteiger partial charge in [-0.25, -0.2) is 9.18 Å². The first-order valence-corrected chi connectivity index (χ1v) is 4.94. The smallest absolute Gasteiger partial charge is 0.330 e. The molecule has 1 saturated heterocycles. The average molecular weight is 246 g/mol. The van der Waals surface area contributed by atoms with Crippen molar-refractivity contribution in [3.8, 4) is 0 Å². The molecule has 1 aromatic rings. The summed E-state index contributed by atoms with van der Waals surface area (Å²) < 4.78 is 19.3. The lowest BCUT2D eigenvalue weighted by atomic mass is 10.1.